The fourth-order valence-corrected chi connectivity index (χ4v) is 5.10. The van der Waals surface area contributed by atoms with E-state index >= 15 is 0 Å². The molecule has 0 aliphatic heterocycles. The van der Waals surface area contributed by atoms with Crippen LogP contribution < -0.4 is 4.74 Å². The van der Waals surface area contributed by atoms with Crippen LogP contribution in [0.5, 0.6) is 5.75 Å². The second-order valence-corrected chi connectivity index (χ2v) is 9.83. The van der Waals surface area contributed by atoms with E-state index in [0.29, 0.717) is 30.2 Å². The van der Waals surface area contributed by atoms with E-state index in [1.165, 1.54) is 62.1 Å². The minimum Gasteiger partial charge on any atom is -0.432 e. The van der Waals surface area contributed by atoms with Crippen molar-refractivity contribution >= 4 is 0 Å². The van der Waals surface area contributed by atoms with Gasteiger partial charge in [0, 0.05) is 11.6 Å². The first-order valence-corrected chi connectivity index (χ1v) is 12.1. The standard InChI is InChI=1S/C28H32F4O/c1-19-2-4-20(5-3-19)6-7-21-8-12-23(13-9-21)28(31,32)33-25-16-17-26(27(30)18-25)22-10-14-24(29)15-11-22/h6-7,10-11,14-21,23H,2-5,8-9,12-13H2,1H3/b7-6+. The van der Waals surface area contributed by atoms with Crippen LogP contribution in [0.1, 0.15) is 58.3 Å². The number of halogens is 4. The second-order valence-electron chi connectivity index (χ2n) is 9.83. The Morgan fingerprint density at radius 2 is 1.36 bits per heavy atom. The molecule has 4 rings (SSSR count). The largest absolute Gasteiger partial charge is 0.432 e. The molecule has 5 heteroatoms. The Hall–Kier alpha value is -2.30. The Bertz CT molecular complexity index is 937. The maximum Gasteiger partial charge on any atom is 0.400 e. The molecule has 0 bridgehead atoms. The van der Waals surface area contributed by atoms with Crippen LogP contribution in [-0.2, 0) is 0 Å². The summed E-state index contributed by atoms with van der Waals surface area (Å²) in [5.41, 5.74) is 0.687. The van der Waals surface area contributed by atoms with Crippen molar-refractivity contribution in [3.63, 3.8) is 0 Å². The van der Waals surface area contributed by atoms with Crippen molar-refractivity contribution in [2.45, 2.75) is 64.4 Å². The van der Waals surface area contributed by atoms with Crippen molar-refractivity contribution < 1.29 is 22.3 Å². The van der Waals surface area contributed by atoms with Gasteiger partial charge in [-0.3, -0.25) is 0 Å². The van der Waals surface area contributed by atoms with Crippen LogP contribution in [0, 0.1) is 35.3 Å². The maximum absolute atomic E-state index is 14.8. The molecule has 0 radical (unpaired) electrons. The number of rotatable bonds is 6. The molecule has 2 aliphatic carbocycles. The fourth-order valence-electron chi connectivity index (χ4n) is 5.10. The Balaban J connectivity index is 1.32. The summed E-state index contributed by atoms with van der Waals surface area (Å²) in [5, 5.41) is 0. The summed E-state index contributed by atoms with van der Waals surface area (Å²) in [6, 6.07) is 9.07. The number of ether oxygens (including phenoxy) is 1. The van der Waals surface area contributed by atoms with Gasteiger partial charge in [0.15, 0.2) is 0 Å². The Morgan fingerprint density at radius 3 is 1.94 bits per heavy atom. The van der Waals surface area contributed by atoms with Crippen molar-refractivity contribution in [2.75, 3.05) is 0 Å². The summed E-state index contributed by atoms with van der Waals surface area (Å²) in [6.07, 6.45) is 8.45. The maximum atomic E-state index is 14.8. The lowest BCUT2D eigenvalue weighted by atomic mass is 9.79. The zero-order chi connectivity index (χ0) is 23.4. The van der Waals surface area contributed by atoms with Crippen molar-refractivity contribution in [2.24, 2.45) is 23.7 Å². The van der Waals surface area contributed by atoms with E-state index in [4.69, 9.17) is 4.74 Å². The number of alkyl halides is 2. The molecule has 0 N–H and O–H groups in total. The first-order chi connectivity index (χ1) is 15.8. The fraction of sp³-hybridized carbons (Fsp3) is 0.500. The first kappa shape index (κ1) is 23.8. The molecule has 0 amide bonds. The van der Waals surface area contributed by atoms with Crippen LogP contribution in [-0.4, -0.2) is 6.11 Å². The van der Waals surface area contributed by atoms with Gasteiger partial charge in [0.25, 0.3) is 0 Å². The van der Waals surface area contributed by atoms with Crippen molar-refractivity contribution in [3.05, 3.63) is 66.3 Å². The van der Waals surface area contributed by atoms with Gasteiger partial charge >= 0.3 is 6.11 Å². The molecular weight excluding hydrogens is 428 g/mol. The molecule has 0 heterocycles. The van der Waals surface area contributed by atoms with Crippen molar-refractivity contribution in [1.82, 2.24) is 0 Å². The first-order valence-electron chi connectivity index (χ1n) is 12.1. The van der Waals surface area contributed by atoms with E-state index < -0.39 is 23.7 Å². The smallest absolute Gasteiger partial charge is 0.400 e. The van der Waals surface area contributed by atoms with E-state index in [-0.39, 0.29) is 11.3 Å². The van der Waals surface area contributed by atoms with Crippen LogP contribution in [0.3, 0.4) is 0 Å². The Labute approximate surface area is 193 Å². The third-order valence-electron chi connectivity index (χ3n) is 7.31. The predicted octanol–water partition coefficient (Wildman–Crippen LogP) is 8.79. The summed E-state index contributed by atoms with van der Waals surface area (Å²) in [7, 11) is 0. The Morgan fingerprint density at radius 1 is 0.788 bits per heavy atom. The van der Waals surface area contributed by atoms with Gasteiger partial charge in [0.05, 0.1) is 5.92 Å². The van der Waals surface area contributed by atoms with E-state index in [0.717, 1.165) is 24.8 Å². The molecule has 2 fully saturated rings. The van der Waals surface area contributed by atoms with Crippen LogP contribution in [0.2, 0.25) is 0 Å². The second kappa shape index (κ2) is 10.3. The Kier molecular flexibility index (Phi) is 7.45. The molecule has 0 atom stereocenters. The molecule has 2 aromatic rings. The molecule has 2 aliphatic rings. The zero-order valence-corrected chi connectivity index (χ0v) is 19.1. The van der Waals surface area contributed by atoms with Gasteiger partial charge in [-0.2, -0.15) is 8.78 Å². The molecule has 0 spiro atoms. The lowest BCUT2D eigenvalue weighted by molar-refractivity contribution is -0.223. The molecule has 0 saturated heterocycles. The number of hydrogen-bond acceptors (Lipinski definition) is 1. The minimum atomic E-state index is -3.35. The monoisotopic (exact) mass is 460 g/mol. The van der Waals surface area contributed by atoms with E-state index in [1.807, 2.05) is 0 Å². The SMILES string of the molecule is CC1CCC(/C=C/C2CCC(C(F)(F)Oc3ccc(-c4ccc(F)cc4)c(F)c3)CC2)CC1. The highest BCUT2D eigenvalue weighted by molar-refractivity contribution is 5.64. The summed E-state index contributed by atoms with van der Waals surface area (Å²) < 4.78 is 62.3. The summed E-state index contributed by atoms with van der Waals surface area (Å²) in [6.45, 7) is 2.30. The highest BCUT2D eigenvalue weighted by Crippen LogP contribution is 2.41. The number of hydrogen-bond donors (Lipinski definition) is 0. The van der Waals surface area contributed by atoms with E-state index in [2.05, 4.69) is 19.1 Å². The molecule has 2 saturated carbocycles. The molecule has 2 aromatic carbocycles. The molecule has 0 aromatic heterocycles. The lowest BCUT2D eigenvalue weighted by Gasteiger charge is -2.32. The van der Waals surface area contributed by atoms with Gasteiger partial charge in [0.2, 0.25) is 0 Å². The third kappa shape index (κ3) is 6.18. The zero-order valence-electron chi connectivity index (χ0n) is 19.1. The number of benzene rings is 2. The summed E-state index contributed by atoms with van der Waals surface area (Å²) in [4.78, 5) is 0. The summed E-state index contributed by atoms with van der Waals surface area (Å²) >= 11 is 0. The van der Waals surface area contributed by atoms with Crippen molar-refractivity contribution in [3.8, 4) is 16.9 Å². The number of allylic oxidation sites excluding steroid dienone is 2. The van der Waals surface area contributed by atoms with Crippen LogP contribution in [0.25, 0.3) is 11.1 Å². The quantitative estimate of drug-likeness (QED) is 0.309. The van der Waals surface area contributed by atoms with Gasteiger partial charge < -0.3 is 4.74 Å². The minimum absolute atomic E-state index is 0.197. The lowest BCUT2D eigenvalue weighted by Crippen LogP contribution is -2.37. The molecule has 178 valence electrons. The van der Waals surface area contributed by atoms with Gasteiger partial charge in [-0.05, 0) is 86.1 Å². The van der Waals surface area contributed by atoms with Crippen molar-refractivity contribution in [1.29, 1.82) is 0 Å². The average Bonchev–Trinajstić information content (AvgIpc) is 2.80. The molecule has 33 heavy (non-hydrogen) atoms. The predicted molar refractivity (Wildman–Crippen MR) is 123 cm³/mol. The highest BCUT2D eigenvalue weighted by atomic mass is 19.3. The molecule has 1 nitrogen and oxygen atoms in total. The van der Waals surface area contributed by atoms with Crippen LogP contribution >= 0.6 is 0 Å². The topological polar surface area (TPSA) is 9.23 Å². The van der Waals surface area contributed by atoms with Gasteiger partial charge in [-0.25, -0.2) is 8.78 Å². The third-order valence-corrected chi connectivity index (χ3v) is 7.31. The van der Waals surface area contributed by atoms with Gasteiger partial charge in [0.1, 0.15) is 17.4 Å². The molecule has 0 unspecified atom stereocenters. The molecular formula is C28H32F4O. The van der Waals surface area contributed by atoms with Gasteiger partial charge in [-0.1, -0.05) is 44.1 Å². The van der Waals surface area contributed by atoms with E-state index in [9.17, 15) is 17.6 Å². The normalized spacial score (nSPS) is 26.5. The van der Waals surface area contributed by atoms with Crippen LogP contribution in [0.4, 0.5) is 17.6 Å². The highest BCUT2D eigenvalue weighted by Gasteiger charge is 2.43. The van der Waals surface area contributed by atoms with Gasteiger partial charge in [-0.15, -0.1) is 0 Å². The van der Waals surface area contributed by atoms with E-state index in [1.54, 1.807) is 0 Å². The average molecular weight is 461 g/mol. The van der Waals surface area contributed by atoms with Crippen LogP contribution in [0.15, 0.2) is 54.6 Å². The summed E-state index contributed by atoms with van der Waals surface area (Å²) in [5.74, 6) is -0.372.